The number of aromatic nitrogens is 3. The van der Waals surface area contributed by atoms with Crippen LogP contribution in [-0.2, 0) is 7.05 Å². The highest BCUT2D eigenvalue weighted by Gasteiger charge is 2.13. The third kappa shape index (κ3) is 2.74. The summed E-state index contributed by atoms with van der Waals surface area (Å²) in [6, 6.07) is 4.91. The van der Waals surface area contributed by atoms with Gasteiger partial charge in [0, 0.05) is 22.5 Å². The molecule has 0 saturated heterocycles. The summed E-state index contributed by atoms with van der Waals surface area (Å²) in [4.78, 5) is 11.9. The molecule has 0 unspecified atom stereocenters. The van der Waals surface area contributed by atoms with Crippen molar-refractivity contribution in [1.29, 1.82) is 0 Å². The molecule has 0 aliphatic heterocycles. The number of nitrogens with zero attached hydrogens (tertiary/aromatic N) is 3. The Bertz CT molecular complexity index is 693. The second-order valence-corrected chi connectivity index (χ2v) is 5.04. The number of nitrogens with two attached hydrogens (primary N) is 1. The molecule has 0 spiro atoms. The Morgan fingerprint density at radius 1 is 1.63 bits per heavy atom. The van der Waals surface area contributed by atoms with Crippen molar-refractivity contribution in [1.82, 2.24) is 14.8 Å². The van der Waals surface area contributed by atoms with E-state index in [1.165, 1.54) is 16.3 Å². The number of hydrogen-bond acceptors (Lipinski definition) is 5. The lowest BCUT2D eigenvalue weighted by Crippen LogP contribution is -2.15. The number of aromatic amines is 1. The van der Waals surface area contributed by atoms with E-state index in [9.17, 15) is 4.79 Å². The minimum absolute atomic E-state index is 0.0419. The predicted molar refractivity (Wildman–Crippen MR) is 71.9 cm³/mol. The number of halogens is 1. The zero-order valence-corrected chi connectivity index (χ0v) is 11.4. The van der Waals surface area contributed by atoms with E-state index in [0.29, 0.717) is 20.6 Å². The Hall–Kier alpha value is -1.93. The zero-order chi connectivity index (χ0) is 14.0. The molecule has 1 aromatic carbocycles. The highest BCUT2D eigenvalue weighted by molar-refractivity contribution is 7.99. The number of hydrogen-bond donors (Lipinski definition) is 3. The molecule has 0 atom stereocenters. The van der Waals surface area contributed by atoms with E-state index in [-0.39, 0.29) is 11.5 Å². The molecule has 4 N–H and O–H groups in total. The predicted octanol–water partition coefficient (Wildman–Crippen LogP) is 1.01. The maximum atomic E-state index is 11.3. The highest BCUT2D eigenvalue weighted by Crippen LogP contribution is 2.30. The van der Waals surface area contributed by atoms with Crippen LogP contribution in [0, 0.1) is 0 Å². The largest absolute Gasteiger partial charge is 0.409 e. The van der Waals surface area contributed by atoms with Gasteiger partial charge in [0.2, 0.25) is 0 Å². The molecular weight excluding hydrogens is 290 g/mol. The standard InChI is InChI=1S/C10H10ClN5O2S/c1-16-9(17)13-14-10(16)19-7-4-5(11)2-3-6(7)8(12)15-18/h2-4,18H,1H3,(H2,12,15)(H,13,17). The first-order chi connectivity index (χ1) is 9.02. The van der Waals surface area contributed by atoms with Gasteiger partial charge in [0.25, 0.3) is 0 Å². The van der Waals surface area contributed by atoms with Gasteiger partial charge in [-0.25, -0.2) is 9.89 Å². The van der Waals surface area contributed by atoms with Gasteiger partial charge in [-0.15, -0.1) is 5.10 Å². The molecule has 0 bridgehead atoms. The summed E-state index contributed by atoms with van der Waals surface area (Å²) in [6.45, 7) is 0. The SMILES string of the molecule is Cn1c(Sc2cc(Cl)ccc2C(N)=NO)n[nH]c1=O. The summed E-state index contributed by atoms with van der Waals surface area (Å²) < 4.78 is 1.35. The summed E-state index contributed by atoms with van der Waals surface area (Å²) in [7, 11) is 1.59. The molecule has 0 radical (unpaired) electrons. The number of amidine groups is 1. The van der Waals surface area contributed by atoms with E-state index in [2.05, 4.69) is 15.4 Å². The van der Waals surface area contributed by atoms with Gasteiger partial charge in [0.15, 0.2) is 11.0 Å². The van der Waals surface area contributed by atoms with Gasteiger partial charge in [-0.2, -0.15) is 0 Å². The van der Waals surface area contributed by atoms with Crippen LogP contribution in [-0.4, -0.2) is 25.8 Å². The van der Waals surface area contributed by atoms with Gasteiger partial charge >= 0.3 is 5.69 Å². The van der Waals surface area contributed by atoms with Crippen molar-refractivity contribution in [2.75, 3.05) is 0 Å². The maximum Gasteiger partial charge on any atom is 0.343 e. The Kier molecular flexibility index (Phi) is 3.82. The molecule has 1 aromatic heterocycles. The molecule has 2 rings (SSSR count). The first-order valence-electron chi connectivity index (χ1n) is 5.09. The van der Waals surface area contributed by atoms with Gasteiger partial charge in [0.1, 0.15) is 0 Å². The minimum Gasteiger partial charge on any atom is -0.409 e. The molecule has 100 valence electrons. The summed E-state index contributed by atoms with van der Waals surface area (Å²) in [5.74, 6) is -0.0419. The molecule has 0 saturated carbocycles. The van der Waals surface area contributed by atoms with Crippen LogP contribution in [0.3, 0.4) is 0 Å². The van der Waals surface area contributed by atoms with Crippen LogP contribution in [0.25, 0.3) is 0 Å². The summed E-state index contributed by atoms with van der Waals surface area (Å²) in [5, 5.41) is 18.8. The number of benzene rings is 1. The van der Waals surface area contributed by atoms with Crippen molar-refractivity contribution in [3.05, 3.63) is 39.3 Å². The highest BCUT2D eigenvalue weighted by atomic mass is 35.5. The Morgan fingerprint density at radius 2 is 2.37 bits per heavy atom. The molecule has 2 aromatic rings. The monoisotopic (exact) mass is 299 g/mol. The molecule has 1 heterocycles. The molecule has 0 aliphatic carbocycles. The van der Waals surface area contributed by atoms with Crippen molar-refractivity contribution < 1.29 is 5.21 Å². The van der Waals surface area contributed by atoms with Crippen LogP contribution in [0.15, 0.2) is 38.2 Å². The summed E-state index contributed by atoms with van der Waals surface area (Å²) in [6.07, 6.45) is 0. The van der Waals surface area contributed by atoms with Gasteiger partial charge in [0.05, 0.1) is 0 Å². The second kappa shape index (κ2) is 5.37. The van der Waals surface area contributed by atoms with E-state index < -0.39 is 0 Å². The van der Waals surface area contributed by atoms with E-state index in [1.54, 1.807) is 25.2 Å². The lowest BCUT2D eigenvalue weighted by Gasteiger charge is -2.07. The lowest BCUT2D eigenvalue weighted by atomic mass is 10.2. The van der Waals surface area contributed by atoms with Crippen molar-refractivity contribution in [3.8, 4) is 0 Å². The maximum absolute atomic E-state index is 11.3. The molecule has 0 aliphatic rings. The van der Waals surface area contributed by atoms with Crippen LogP contribution in [0.1, 0.15) is 5.56 Å². The lowest BCUT2D eigenvalue weighted by molar-refractivity contribution is 0.318. The number of H-pyrrole nitrogens is 1. The normalized spacial score (nSPS) is 11.8. The Morgan fingerprint density at radius 3 is 2.95 bits per heavy atom. The van der Waals surface area contributed by atoms with Crippen molar-refractivity contribution in [2.45, 2.75) is 10.1 Å². The van der Waals surface area contributed by atoms with E-state index in [0.717, 1.165) is 0 Å². The van der Waals surface area contributed by atoms with Gasteiger partial charge in [-0.1, -0.05) is 16.8 Å². The summed E-state index contributed by atoms with van der Waals surface area (Å²) >= 11 is 7.11. The zero-order valence-electron chi connectivity index (χ0n) is 9.79. The average molecular weight is 300 g/mol. The number of oxime groups is 1. The van der Waals surface area contributed by atoms with Crippen LogP contribution < -0.4 is 11.4 Å². The Labute approximate surface area is 117 Å². The molecule has 7 nitrogen and oxygen atoms in total. The fourth-order valence-electron chi connectivity index (χ4n) is 1.37. The Balaban J connectivity index is 2.47. The molecule has 19 heavy (non-hydrogen) atoms. The van der Waals surface area contributed by atoms with Gasteiger partial charge < -0.3 is 10.9 Å². The molecular formula is C10H10ClN5O2S. The molecule has 0 fully saturated rings. The van der Waals surface area contributed by atoms with Crippen LogP contribution >= 0.6 is 23.4 Å². The van der Waals surface area contributed by atoms with Gasteiger partial charge in [-0.05, 0) is 30.0 Å². The second-order valence-electron chi connectivity index (χ2n) is 3.60. The van der Waals surface area contributed by atoms with E-state index in [4.69, 9.17) is 22.5 Å². The summed E-state index contributed by atoms with van der Waals surface area (Å²) in [5.41, 5.74) is 5.77. The fourth-order valence-corrected chi connectivity index (χ4v) is 2.58. The smallest absolute Gasteiger partial charge is 0.343 e. The minimum atomic E-state index is -0.324. The quantitative estimate of drug-likeness (QED) is 0.339. The first kappa shape index (κ1) is 13.5. The third-order valence-corrected chi connectivity index (χ3v) is 3.71. The van der Waals surface area contributed by atoms with Gasteiger partial charge in [-0.3, -0.25) is 4.57 Å². The topological polar surface area (TPSA) is 109 Å². The number of rotatable bonds is 3. The van der Waals surface area contributed by atoms with Crippen LogP contribution in [0.5, 0.6) is 0 Å². The van der Waals surface area contributed by atoms with Crippen molar-refractivity contribution in [2.24, 2.45) is 17.9 Å². The van der Waals surface area contributed by atoms with Crippen molar-refractivity contribution >= 4 is 29.2 Å². The third-order valence-electron chi connectivity index (χ3n) is 2.37. The number of nitrogens with one attached hydrogen (secondary N) is 1. The van der Waals surface area contributed by atoms with E-state index >= 15 is 0 Å². The fraction of sp³-hybridized carbons (Fsp3) is 0.100. The first-order valence-corrected chi connectivity index (χ1v) is 6.29. The van der Waals surface area contributed by atoms with Crippen LogP contribution in [0.2, 0.25) is 5.02 Å². The van der Waals surface area contributed by atoms with Crippen LogP contribution in [0.4, 0.5) is 0 Å². The molecule has 0 amide bonds. The van der Waals surface area contributed by atoms with Crippen molar-refractivity contribution in [3.63, 3.8) is 0 Å². The molecule has 9 heteroatoms. The van der Waals surface area contributed by atoms with E-state index in [1.807, 2.05) is 0 Å². The average Bonchev–Trinajstić information content (AvgIpc) is 2.70.